The Morgan fingerprint density at radius 2 is 1.89 bits per heavy atom. The Morgan fingerprint density at radius 1 is 1.22 bits per heavy atom. The number of benzene rings is 1. The van der Waals surface area contributed by atoms with Gasteiger partial charge < -0.3 is 19.6 Å². The van der Waals surface area contributed by atoms with E-state index < -0.39 is 11.7 Å². The van der Waals surface area contributed by atoms with Crippen molar-refractivity contribution < 1.29 is 14.6 Å². The number of fused-ring (bicyclic) bond motifs is 2. The summed E-state index contributed by atoms with van der Waals surface area (Å²) in [6.45, 7) is 13.6. The lowest BCUT2D eigenvalue weighted by molar-refractivity contribution is -0.148. The first-order valence-corrected chi connectivity index (χ1v) is 14.1. The first-order valence-electron chi connectivity index (χ1n) is 14.1. The van der Waals surface area contributed by atoms with E-state index in [4.69, 9.17) is 4.74 Å². The molecular weight excluding hydrogens is 448 g/mol. The van der Waals surface area contributed by atoms with Crippen LogP contribution in [0, 0.1) is 30.1 Å². The highest BCUT2D eigenvalue weighted by Gasteiger charge is 2.53. The molecule has 1 heterocycles. The number of carbonyl (C=O) groups is 1. The number of rotatable bonds is 8. The lowest BCUT2D eigenvalue weighted by Gasteiger charge is -2.53. The molecule has 1 aromatic rings. The summed E-state index contributed by atoms with van der Waals surface area (Å²) in [5, 5.41) is 11.8. The molecule has 1 aliphatic heterocycles. The van der Waals surface area contributed by atoms with E-state index in [1.807, 2.05) is 13.3 Å². The van der Waals surface area contributed by atoms with Gasteiger partial charge in [-0.15, -0.1) is 0 Å². The fraction of sp³-hybridized carbons (Fsp3) is 0.677. The Labute approximate surface area is 218 Å². The molecule has 1 radical (unpaired) electrons. The van der Waals surface area contributed by atoms with Crippen molar-refractivity contribution in [3.05, 3.63) is 53.5 Å². The summed E-state index contributed by atoms with van der Waals surface area (Å²) < 4.78 is 5.51. The Bertz CT molecular complexity index is 903. The van der Waals surface area contributed by atoms with Crippen LogP contribution in [0.1, 0.15) is 58.1 Å². The molecule has 2 aliphatic carbocycles. The Balaban J connectivity index is 1.29. The first kappa shape index (κ1) is 27.3. The summed E-state index contributed by atoms with van der Waals surface area (Å²) in [6.07, 6.45) is 9.35. The highest BCUT2D eigenvalue weighted by molar-refractivity contribution is 5.66. The molecule has 5 heteroatoms. The van der Waals surface area contributed by atoms with Crippen LogP contribution in [-0.4, -0.2) is 72.4 Å². The van der Waals surface area contributed by atoms with Gasteiger partial charge in [-0.3, -0.25) is 4.79 Å². The molecule has 0 spiro atoms. The van der Waals surface area contributed by atoms with Gasteiger partial charge in [0.15, 0.2) is 0 Å². The summed E-state index contributed by atoms with van der Waals surface area (Å²) in [5.41, 5.74) is 3.17. The molecule has 0 aromatic heterocycles. The molecule has 1 N–H and O–H groups in total. The van der Waals surface area contributed by atoms with Gasteiger partial charge in [0.2, 0.25) is 0 Å². The van der Waals surface area contributed by atoms with Gasteiger partial charge in [-0.05, 0) is 93.6 Å². The van der Waals surface area contributed by atoms with Crippen molar-refractivity contribution in [3.8, 4) is 0 Å². The molecule has 1 saturated carbocycles. The molecule has 1 unspecified atom stereocenters. The molecule has 0 saturated heterocycles. The third-order valence-electron chi connectivity index (χ3n) is 9.18. The lowest BCUT2D eigenvalue weighted by Crippen LogP contribution is -2.56. The Kier molecular flexibility index (Phi) is 8.96. The second-order valence-corrected chi connectivity index (χ2v) is 11.9. The van der Waals surface area contributed by atoms with Crippen LogP contribution in [0.4, 0.5) is 0 Å². The number of aliphatic hydroxyl groups is 1. The number of nitrogens with zero attached hydrogens (tertiary/aromatic N) is 2. The smallest absolute Gasteiger partial charge is 0.303 e. The van der Waals surface area contributed by atoms with Crippen molar-refractivity contribution in [3.63, 3.8) is 0 Å². The van der Waals surface area contributed by atoms with Crippen molar-refractivity contribution in [2.75, 3.05) is 39.8 Å². The monoisotopic (exact) mass is 495 g/mol. The first-order chi connectivity index (χ1) is 17.2. The van der Waals surface area contributed by atoms with Crippen molar-refractivity contribution in [2.45, 2.75) is 71.5 Å². The zero-order valence-corrected chi connectivity index (χ0v) is 23.1. The average molecular weight is 496 g/mol. The van der Waals surface area contributed by atoms with Crippen molar-refractivity contribution in [1.82, 2.24) is 9.80 Å². The molecule has 0 amide bonds. The fourth-order valence-corrected chi connectivity index (χ4v) is 6.97. The van der Waals surface area contributed by atoms with Crippen LogP contribution in [0.15, 0.2) is 35.9 Å². The minimum atomic E-state index is -0.917. The molecule has 0 bridgehead atoms. The van der Waals surface area contributed by atoms with Crippen molar-refractivity contribution in [1.29, 1.82) is 0 Å². The van der Waals surface area contributed by atoms with Crippen LogP contribution < -0.4 is 0 Å². The van der Waals surface area contributed by atoms with Crippen molar-refractivity contribution >= 4 is 5.97 Å². The molecule has 4 rings (SSSR count). The van der Waals surface area contributed by atoms with Gasteiger partial charge in [0.25, 0.3) is 0 Å². The molecule has 36 heavy (non-hydrogen) atoms. The third-order valence-corrected chi connectivity index (χ3v) is 9.18. The second kappa shape index (κ2) is 11.8. The Hall–Kier alpha value is -1.69. The van der Waals surface area contributed by atoms with E-state index in [0.29, 0.717) is 11.8 Å². The number of carbonyl (C=O) groups excluding carboxylic acids is 1. The SMILES string of the molecule is CC(=O)O[C@@H]1[CH][C@@]2(O)[C@H](C)CC[C@@H](C(C)CN(C)CCCN3CCc4ccccc4CC3)[C@H]2C=C1C. The predicted octanol–water partition coefficient (Wildman–Crippen LogP) is 4.53. The molecule has 5 nitrogen and oxygen atoms in total. The van der Waals surface area contributed by atoms with Gasteiger partial charge >= 0.3 is 5.97 Å². The highest BCUT2D eigenvalue weighted by Crippen LogP contribution is 2.50. The molecule has 1 aromatic carbocycles. The summed E-state index contributed by atoms with van der Waals surface area (Å²) in [4.78, 5) is 16.7. The zero-order chi connectivity index (χ0) is 25.9. The van der Waals surface area contributed by atoms with Gasteiger partial charge in [0, 0.05) is 38.9 Å². The summed E-state index contributed by atoms with van der Waals surface area (Å²) in [7, 11) is 2.25. The predicted molar refractivity (Wildman–Crippen MR) is 146 cm³/mol. The summed E-state index contributed by atoms with van der Waals surface area (Å²) in [6, 6.07) is 8.91. The molecule has 1 fully saturated rings. The fourth-order valence-electron chi connectivity index (χ4n) is 6.97. The molecule has 199 valence electrons. The lowest BCUT2D eigenvalue weighted by atomic mass is 9.57. The minimum Gasteiger partial charge on any atom is -0.458 e. The van der Waals surface area contributed by atoms with Gasteiger partial charge in [-0.25, -0.2) is 0 Å². The van der Waals surface area contributed by atoms with Gasteiger partial charge in [0.1, 0.15) is 6.10 Å². The molecule has 3 aliphatic rings. The maximum Gasteiger partial charge on any atom is 0.303 e. The van der Waals surface area contributed by atoms with E-state index in [-0.39, 0.29) is 17.8 Å². The maximum atomic E-state index is 11.8. The van der Waals surface area contributed by atoms with Gasteiger partial charge in [0.05, 0.1) is 5.60 Å². The van der Waals surface area contributed by atoms with E-state index in [1.165, 1.54) is 24.5 Å². The van der Waals surface area contributed by atoms with E-state index in [9.17, 15) is 9.90 Å². The largest absolute Gasteiger partial charge is 0.458 e. The van der Waals surface area contributed by atoms with Crippen LogP contribution in [0.3, 0.4) is 0 Å². The van der Waals surface area contributed by atoms with Crippen LogP contribution in [0.5, 0.6) is 0 Å². The van der Waals surface area contributed by atoms with E-state index in [0.717, 1.165) is 64.0 Å². The summed E-state index contributed by atoms with van der Waals surface area (Å²) in [5.74, 6) is 0.837. The second-order valence-electron chi connectivity index (χ2n) is 11.9. The highest BCUT2D eigenvalue weighted by atomic mass is 16.5. The number of hydrogen-bond donors (Lipinski definition) is 1. The number of hydrogen-bond acceptors (Lipinski definition) is 5. The normalized spacial score (nSPS) is 31.7. The van der Waals surface area contributed by atoms with E-state index in [1.54, 1.807) is 0 Å². The minimum absolute atomic E-state index is 0.0789. The Morgan fingerprint density at radius 3 is 2.53 bits per heavy atom. The quantitative estimate of drug-likeness (QED) is 0.424. The van der Waals surface area contributed by atoms with Crippen LogP contribution >= 0.6 is 0 Å². The van der Waals surface area contributed by atoms with Gasteiger partial charge in [-0.2, -0.15) is 0 Å². The molecular formula is C31H47N2O3. The number of ether oxygens (including phenoxy) is 1. The standard InChI is InChI=1S/C31H47N2O3/c1-22-19-29-28(12-11-24(3)31(29,35)20-30(22)36-25(4)34)23(2)21-32(5)15-8-16-33-17-13-26-9-6-7-10-27(26)14-18-33/h6-7,9-10,19-20,23-24,28-30,35H,8,11-18,21H2,1-5H3/t23?,24-,28+,29-,30-,31-/m1/s1. The third kappa shape index (κ3) is 6.23. The molecule has 6 atom stereocenters. The number of esters is 1. The summed E-state index contributed by atoms with van der Waals surface area (Å²) >= 11 is 0. The van der Waals surface area contributed by atoms with Crippen molar-refractivity contribution in [2.24, 2.45) is 23.7 Å². The average Bonchev–Trinajstić information content (AvgIpc) is 3.03. The van der Waals surface area contributed by atoms with Crippen LogP contribution in [-0.2, 0) is 22.4 Å². The zero-order valence-electron chi connectivity index (χ0n) is 23.1. The van der Waals surface area contributed by atoms with E-state index >= 15 is 0 Å². The van der Waals surface area contributed by atoms with Crippen LogP contribution in [0.2, 0.25) is 0 Å². The topological polar surface area (TPSA) is 53.0 Å². The van der Waals surface area contributed by atoms with E-state index in [2.05, 4.69) is 61.0 Å². The van der Waals surface area contributed by atoms with Crippen LogP contribution in [0.25, 0.3) is 0 Å². The maximum absolute atomic E-state index is 11.8. The van der Waals surface area contributed by atoms with Gasteiger partial charge in [-0.1, -0.05) is 44.2 Å².